The first-order valence-electron chi connectivity index (χ1n) is 12.3. The van der Waals surface area contributed by atoms with E-state index in [0.717, 1.165) is 13.0 Å². The molecule has 11 nitrogen and oxygen atoms in total. The van der Waals surface area contributed by atoms with Crippen molar-refractivity contribution in [2.45, 2.75) is 76.5 Å². The number of benzene rings is 1. The standard InChI is InChI=1S/C25H37N5O6/c1-3-15(2)21(30-22(32)17-10-7-13-27-17)24(34)28-18(11-12-20(26)31)23(33)29-19(25(35)36)14-16-8-5-4-6-9-16/h4-6,8-9,15,17-19,21,27H,3,7,10-14H2,1-2H3,(H2,26,31)(H,28,34)(H,29,33)(H,30,32)(H,35,36). The summed E-state index contributed by atoms with van der Waals surface area (Å²) >= 11 is 0. The van der Waals surface area contributed by atoms with Crippen molar-refractivity contribution in [2.75, 3.05) is 6.54 Å². The maximum atomic E-state index is 13.2. The minimum Gasteiger partial charge on any atom is -0.480 e. The molecule has 0 bridgehead atoms. The number of carbonyl (C=O) groups excluding carboxylic acids is 4. The van der Waals surface area contributed by atoms with Gasteiger partial charge in [-0.3, -0.25) is 19.2 Å². The van der Waals surface area contributed by atoms with Crippen LogP contribution in [0.2, 0.25) is 0 Å². The van der Waals surface area contributed by atoms with E-state index in [4.69, 9.17) is 5.73 Å². The van der Waals surface area contributed by atoms with Crippen molar-refractivity contribution in [3.63, 3.8) is 0 Å². The lowest BCUT2D eigenvalue weighted by atomic mass is 9.97. The van der Waals surface area contributed by atoms with E-state index in [1.807, 2.05) is 13.8 Å². The van der Waals surface area contributed by atoms with Gasteiger partial charge in [-0.2, -0.15) is 0 Å². The van der Waals surface area contributed by atoms with E-state index in [9.17, 15) is 29.1 Å². The minimum absolute atomic E-state index is 0.0400. The summed E-state index contributed by atoms with van der Waals surface area (Å²) in [6, 6.07) is 5.05. The maximum absolute atomic E-state index is 13.2. The van der Waals surface area contributed by atoms with E-state index in [-0.39, 0.29) is 37.1 Å². The van der Waals surface area contributed by atoms with Crippen molar-refractivity contribution >= 4 is 29.6 Å². The molecule has 7 N–H and O–H groups in total. The number of hydrogen-bond donors (Lipinski definition) is 6. The van der Waals surface area contributed by atoms with Crippen molar-refractivity contribution in [3.05, 3.63) is 35.9 Å². The highest BCUT2D eigenvalue weighted by Crippen LogP contribution is 2.12. The van der Waals surface area contributed by atoms with Crippen molar-refractivity contribution in [1.29, 1.82) is 0 Å². The lowest BCUT2D eigenvalue weighted by Gasteiger charge is -2.28. The van der Waals surface area contributed by atoms with Crippen LogP contribution in [0.4, 0.5) is 0 Å². The summed E-state index contributed by atoms with van der Waals surface area (Å²) in [4.78, 5) is 62.1. The number of nitrogens with one attached hydrogen (secondary N) is 4. The summed E-state index contributed by atoms with van der Waals surface area (Å²) in [7, 11) is 0. The lowest BCUT2D eigenvalue weighted by molar-refractivity contribution is -0.142. The van der Waals surface area contributed by atoms with Crippen LogP contribution in [-0.2, 0) is 30.4 Å². The molecular formula is C25H37N5O6. The molecule has 1 aromatic rings. The lowest BCUT2D eigenvalue weighted by Crippen LogP contribution is -2.58. The Morgan fingerprint density at radius 2 is 1.72 bits per heavy atom. The van der Waals surface area contributed by atoms with Gasteiger partial charge in [0.25, 0.3) is 0 Å². The average Bonchev–Trinajstić information content (AvgIpc) is 3.39. The van der Waals surface area contributed by atoms with Crippen molar-refractivity contribution in [1.82, 2.24) is 21.3 Å². The Kier molecular flexibility index (Phi) is 11.3. The van der Waals surface area contributed by atoms with Gasteiger partial charge >= 0.3 is 5.97 Å². The molecule has 0 aromatic heterocycles. The highest BCUT2D eigenvalue weighted by atomic mass is 16.4. The highest BCUT2D eigenvalue weighted by Gasteiger charge is 2.33. The highest BCUT2D eigenvalue weighted by molar-refractivity contribution is 5.94. The Morgan fingerprint density at radius 3 is 2.28 bits per heavy atom. The number of aliphatic carboxylic acids is 1. The van der Waals surface area contributed by atoms with E-state index >= 15 is 0 Å². The summed E-state index contributed by atoms with van der Waals surface area (Å²) in [6.45, 7) is 4.41. The largest absolute Gasteiger partial charge is 0.480 e. The first kappa shape index (κ1) is 28.8. The molecule has 11 heteroatoms. The van der Waals surface area contributed by atoms with Crippen LogP contribution in [0.25, 0.3) is 0 Å². The monoisotopic (exact) mass is 503 g/mol. The molecule has 1 aliphatic heterocycles. The van der Waals surface area contributed by atoms with Gasteiger partial charge in [0.1, 0.15) is 18.1 Å². The van der Waals surface area contributed by atoms with Crippen LogP contribution in [0.3, 0.4) is 0 Å². The Labute approximate surface area is 211 Å². The van der Waals surface area contributed by atoms with Gasteiger partial charge in [0.2, 0.25) is 23.6 Å². The van der Waals surface area contributed by atoms with Crippen molar-refractivity contribution in [3.8, 4) is 0 Å². The fraction of sp³-hybridized carbons (Fsp3) is 0.560. The zero-order chi connectivity index (χ0) is 26.7. The Morgan fingerprint density at radius 1 is 1.06 bits per heavy atom. The number of nitrogens with two attached hydrogens (primary N) is 1. The minimum atomic E-state index is -1.24. The summed E-state index contributed by atoms with van der Waals surface area (Å²) < 4.78 is 0. The summed E-state index contributed by atoms with van der Waals surface area (Å²) in [5.41, 5.74) is 5.96. The number of amides is 4. The molecule has 2 rings (SSSR count). The number of rotatable bonds is 14. The molecule has 36 heavy (non-hydrogen) atoms. The van der Waals surface area contributed by atoms with Gasteiger partial charge in [-0.05, 0) is 37.3 Å². The molecule has 0 aliphatic carbocycles. The Hall–Kier alpha value is -3.47. The van der Waals surface area contributed by atoms with Gasteiger partial charge < -0.3 is 32.1 Å². The number of primary amides is 1. The third-order valence-corrected chi connectivity index (χ3v) is 6.38. The smallest absolute Gasteiger partial charge is 0.326 e. The van der Waals surface area contributed by atoms with Gasteiger partial charge in [-0.1, -0.05) is 50.6 Å². The molecule has 0 spiro atoms. The number of hydrogen-bond acceptors (Lipinski definition) is 6. The maximum Gasteiger partial charge on any atom is 0.326 e. The number of carbonyl (C=O) groups is 5. The predicted octanol–water partition coefficient (Wildman–Crippen LogP) is -0.168. The van der Waals surface area contributed by atoms with Crippen LogP contribution < -0.4 is 27.0 Å². The van der Waals surface area contributed by atoms with E-state index in [1.165, 1.54) is 0 Å². The fourth-order valence-electron chi connectivity index (χ4n) is 4.00. The predicted molar refractivity (Wildman–Crippen MR) is 132 cm³/mol. The molecule has 1 heterocycles. The molecule has 198 valence electrons. The molecule has 1 aromatic carbocycles. The quantitative estimate of drug-likeness (QED) is 0.204. The number of carboxylic acid groups (broad SMARTS) is 1. The van der Waals surface area contributed by atoms with E-state index in [2.05, 4.69) is 21.3 Å². The van der Waals surface area contributed by atoms with Crippen molar-refractivity contribution in [2.24, 2.45) is 11.7 Å². The SMILES string of the molecule is CCC(C)C(NC(=O)C1CCCN1)C(=O)NC(CCC(N)=O)C(=O)NC(Cc1ccccc1)C(=O)O. The van der Waals surface area contributed by atoms with Gasteiger partial charge in [0.15, 0.2) is 0 Å². The summed E-state index contributed by atoms with van der Waals surface area (Å²) in [5.74, 6) is -3.77. The third kappa shape index (κ3) is 8.95. The van der Waals surface area contributed by atoms with E-state index in [1.54, 1.807) is 30.3 Å². The summed E-state index contributed by atoms with van der Waals surface area (Å²) in [5, 5.41) is 20.6. The van der Waals surface area contributed by atoms with Crippen LogP contribution >= 0.6 is 0 Å². The zero-order valence-electron chi connectivity index (χ0n) is 20.8. The Bertz CT molecular complexity index is 919. The fourth-order valence-corrected chi connectivity index (χ4v) is 4.00. The van der Waals surface area contributed by atoms with Gasteiger partial charge in [0.05, 0.1) is 6.04 Å². The molecule has 1 aliphatic rings. The third-order valence-electron chi connectivity index (χ3n) is 6.38. The molecular weight excluding hydrogens is 466 g/mol. The van der Waals surface area contributed by atoms with Crippen LogP contribution in [0.1, 0.15) is 51.5 Å². The van der Waals surface area contributed by atoms with Crippen LogP contribution in [0.15, 0.2) is 30.3 Å². The first-order valence-corrected chi connectivity index (χ1v) is 12.3. The molecule has 0 saturated carbocycles. The van der Waals surface area contributed by atoms with Crippen LogP contribution in [0.5, 0.6) is 0 Å². The molecule has 1 fully saturated rings. The van der Waals surface area contributed by atoms with Crippen LogP contribution in [0, 0.1) is 5.92 Å². The van der Waals surface area contributed by atoms with Crippen molar-refractivity contribution < 1.29 is 29.1 Å². The second-order valence-corrected chi connectivity index (χ2v) is 9.18. The zero-order valence-corrected chi connectivity index (χ0v) is 20.8. The number of carboxylic acids is 1. The van der Waals surface area contributed by atoms with Gasteiger partial charge in [-0.25, -0.2) is 4.79 Å². The van der Waals surface area contributed by atoms with E-state index in [0.29, 0.717) is 18.4 Å². The van der Waals surface area contributed by atoms with E-state index < -0.39 is 41.8 Å². The molecule has 4 amide bonds. The normalized spacial score (nSPS) is 18.3. The topological polar surface area (TPSA) is 180 Å². The molecule has 5 unspecified atom stereocenters. The summed E-state index contributed by atoms with van der Waals surface area (Å²) in [6.07, 6.45) is 1.85. The molecule has 0 radical (unpaired) electrons. The molecule has 5 atom stereocenters. The molecule has 1 saturated heterocycles. The second kappa shape index (κ2) is 14.2. The average molecular weight is 504 g/mol. The first-order chi connectivity index (χ1) is 17.1. The Balaban J connectivity index is 2.14. The van der Waals surface area contributed by atoms with Gasteiger partial charge in [0, 0.05) is 12.8 Å². The van der Waals surface area contributed by atoms with Crippen LogP contribution in [-0.4, -0.2) is 65.4 Å². The van der Waals surface area contributed by atoms with Gasteiger partial charge in [-0.15, -0.1) is 0 Å². The second-order valence-electron chi connectivity index (χ2n) is 9.18.